The van der Waals surface area contributed by atoms with Gasteiger partial charge in [-0.25, -0.2) is 0 Å². The van der Waals surface area contributed by atoms with Gasteiger partial charge in [-0.1, -0.05) is 13.8 Å². The van der Waals surface area contributed by atoms with E-state index >= 15 is 0 Å². The molecule has 1 rings (SSSR count). The Morgan fingerprint density at radius 2 is 1.88 bits per heavy atom. The summed E-state index contributed by atoms with van der Waals surface area (Å²) in [4.78, 5) is 0. The zero-order valence-electron chi connectivity index (χ0n) is 11.2. The molecular formula is C12H26N2O3. The Kier molecular flexibility index (Phi) is 5.34. The highest BCUT2D eigenvalue weighted by Gasteiger charge is 2.44. The quantitative estimate of drug-likeness (QED) is 0.652. The van der Waals surface area contributed by atoms with Gasteiger partial charge in [0.15, 0.2) is 6.29 Å². The van der Waals surface area contributed by atoms with Gasteiger partial charge >= 0.3 is 0 Å². The maximum Gasteiger partial charge on any atom is 0.185 e. The number of aliphatic hydroxyl groups is 1. The first-order valence-electron chi connectivity index (χ1n) is 6.33. The summed E-state index contributed by atoms with van der Waals surface area (Å²) in [5, 5.41) is 10.1. The molecule has 0 aromatic heterocycles. The Balaban J connectivity index is 2.78. The molecule has 0 saturated carbocycles. The molecule has 1 saturated heterocycles. The van der Waals surface area contributed by atoms with Crippen molar-refractivity contribution in [2.75, 3.05) is 6.54 Å². The Hall–Kier alpha value is -0.200. The minimum atomic E-state index is -0.799. The molecule has 2 unspecified atom stereocenters. The third-order valence-corrected chi connectivity index (χ3v) is 3.26. The highest BCUT2D eigenvalue weighted by molar-refractivity contribution is 4.93. The van der Waals surface area contributed by atoms with E-state index in [2.05, 4.69) is 13.8 Å². The second-order valence-electron chi connectivity index (χ2n) is 5.35. The largest absolute Gasteiger partial charge is 0.386 e. The lowest BCUT2D eigenvalue weighted by atomic mass is 9.79. The molecule has 0 radical (unpaired) electrons. The summed E-state index contributed by atoms with van der Waals surface area (Å²) in [6.45, 7) is 8.31. The van der Waals surface area contributed by atoms with Gasteiger partial charge in [0, 0.05) is 18.5 Å². The van der Waals surface area contributed by atoms with Crippen molar-refractivity contribution in [3.8, 4) is 0 Å². The van der Waals surface area contributed by atoms with Crippen molar-refractivity contribution in [3.05, 3.63) is 0 Å². The summed E-state index contributed by atoms with van der Waals surface area (Å²) in [5.74, 6) is 0.371. The Labute approximate surface area is 103 Å². The van der Waals surface area contributed by atoms with E-state index in [0.717, 1.165) is 0 Å². The average Bonchev–Trinajstić information content (AvgIpc) is 2.23. The van der Waals surface area contributed by atoms with E-state index in [1.807, 2.05) is 13.8 Å². The fourth-order valence-corrected chi connectivity index (χ4v) is 2.47. The van der Waals surface area contributed by atoms with Crippen LogP contribution in [0.15, 0.2) is 0 Å². The maximum atomic E-state index is 10.1. The van der Waals surface area contributed by atoms with Crippen molar-refractivity contribution in [1.29, 1.82) is 0 Å². The van der Waals surface area contributed by atoms with E-state index in [4.69, 9.17) is 20.9 Å². The van der Waals surface area contributed by atoms with Crippen LogP contribution < -0.4 is 11.5 Å². The molecule has 1 fully saturated rings. The number of nitrogens with two attached hydrogens (primary N) is 2. The second-order valence-corrected chi connectivity index (χ2v) is 5.35. The van der Waals surface area contributed by atoms with Gasteiger partial charge in [0.1, 0.15) is 6.10 Å². The third kappa shape index (κ3) is 3.39. The lowest BCUT2D eigenvalue weighted by Gasteiger charge is -2.45. The Morgan fingerprint density at radius 1 is 1.29 bits per heavy atom. The average molecular weight is 246 g/mol. The molecule has 0 spiro atoms. The van der Waals surface area contributed by atoms with Gasteiger partial charge in [0.25, 0.3) is 0 Å². The second kappa shape index (κ2) is 6.11. The SMILES string of the molecule is CC(C)O[C@@H]1OC(CN)[C@H](C(C)C)C(N)[C@H]1O. The summed E-state index contributed by atoms with van der Waals surface area (Å²) in [6, 6.07) is -0.360. The number of aliphatic hydroxyl groups excluding tert-OH is 1. The van der Waals surface area contributed by atoms with Crippen LogP contribution in [0.1, 0.15) is 27.7 Å². The molecule has 5 heteroatoms. The summed E-state index contributed by atoms with van der Waals surface area (Å²) in [5.41, 5.74) is 11.8. The maximum absolute atomic E-state index is 10.1. The van der Waals surface area contributed by atoms with Crippen LogP contribution >= 0.6 is 0 Å². The summed E-state index contributed by atoms with van der Waals surface area (Å²) < 4.78 is 11.3. The smallest absolute Gasteiger partial charge is 0.185 e. The molecule has 1 aliphatic rings. The molecular weight excluding hydrogens is 220 g/mol. The molecule has 0 aliphatic carbocycles. The Morgan fingerprint density at radius 3 is 2.29 bits per heavy atom. The van der Waals surface area contributed by atoms with Crippen molar-refractivity contribution in [1.82, 2.24) is 0 Å². The van der Waals surface area contributed by atoms with Gasteiger partial charge in [-0.3, -0.25) is 0 Å². The predicted molar refractivity (Wildman–Crippen MR) is 66.2 cm³/mol. The minimum absolute atomic E-state index is 0.0177. The summed E-state index contributed by atoms with van der Waals surface area (Å²) in [6.07, 6.45) is -1.64. The van der Waals surface area contributed by atoms with Crippen LogP contribution in [0.2, 0.25) is 0 Å². The van der Waals surface area contributed by atoms with Crippen LogP contribution in [0, 0.1) is 11.8 Å². The highest BCUT2D eigenvalue weighted by atomic mass is 16.7. The fourth-order valence-electron chi connectivity index (χ4n) is 2.47. The number of rotatable bonds is 4. The third-order valence-electron chi connectivity index (χ3n) is 3.26. The standard InChI is InChI=1S/C12H26N2O3/c1-6(2)9-8(5-13)17-12(16-7(3)4)11(15)10(9)14/h6-12,15H,5,13-14H2,1-4H3/t8?,9-,10?,11+,12+/m0/s1. The molecule has 0 aromatic carbocycles. The van der Waals surface area contributed by atoms with E-state index in [0.29, 0.717) is 12.5 Å². The molecule has 0 aromatic rings. The zero-order chi connectivity index (χ0) is 13.2. The Bertz CT molecular complexity index is 232. The molecule has 5 atom stereocenters. The molecule has 17 heavy (non-hydrogen) atoms. The first kappa shape index (κ1) is 14.9. The molecule has 102 valence electrons. The molecule has 5 nitrogen and oxygen atoms in total. The van der Waals surface area contributed by atoms with E-state index in [1.165, 1.54) is 0 Å². The molecule has 0 bridgehead atoms. The van der Waals surface area contributed by atoms with E-state index in [1.54, 1.807) is 0 Å². The van der Waals surface area contributed by atoms with Crippen LogP contribution in [-0.4, -0.2) is 42.3 Å². The topological polar surface area (TPSA) is 90.7 Å². The lowest BCUT2D eigenvalue weighted by molar-refractivity contribution is -0.273. The lowest BCUT2D eigenvalue weighted by Crippen LogP contribution is -2.62. The highest BCUT2D eigenvalue weighted by Crippen LogP contribution is 2.30. The van der Waals surface area contributed by atoms with Gasteiger partial charge in [0.2, 0.25) is 0 Å². The van der Waals surface area contributed by atoms with Crippen molar-refractivity contribution < 1.29 is 14.6 Å². The van der Waals surface area contributed by atoms with Crippen molar-refractivity contribution >= 4 is 0 Å². The monoisotopic (exact) mass is 246 g/mol. The van der Waals surface area contributed by atoms with Crippen molar-refractivity contribution in [3.63, 3.8) is 0 Å². The van der Waals surface area contributed by atoms with Gasteiger partial charge < -0.3 is 26.0 Å². The van der Waals surface area contributed by atoms with Gasteiger partial charge in [-0.05, 0) is 19.8 Å². The number of hydrogen-bond acceptors (Lipinski definition) is 5. The van der Waals surface area contributed by atoms with Crippen LogP contribution in [0.4, 0.5) is 0 Å². The summed E-state index contributed by atoms with van der Waals surface area (Å²) in [7, 11) is 0. The number of hydrogen-bond donors (Lipinski definition) is 3. The van der Waals surface area contributed by atoms with Gasteiger partial charge in [-0.15, -0.1) is 0 Å². The first-order valence-corrected chi connectivity index (χ1v) is 6.33. The van der Waals surface area contributed by atoms with Gasteiger partial charge in [0.05, 0.1) is 12.2 Å². The number of ether oxygens (including phenoxy) is 2. The minimum Gasteiger partial charge on any atom is -0.386 e. The molecule has 5 N–H and O–H groups in total. The zero-order valence-corrected chi connectivity index (χ0v) is 11.2. The van der Waals surface area contributed by atoms with Crippen LogP contribution in [-0.2, 0) is 9.47 Å². The van der Waals surface area contributed by atoms with Gasteiger partial charge in [-0.2, -0.15) is 0 Å². The molecule has 0 amide bonds. The normalized spacial score (nSPS) is 39.0. The van der Waals surface area contributed by atoms with Crippen molar-refractivity contribution in [2.24, 2.45) is 23.3 Å². The summed E-state index contributed by atoms with van der Waals surface area (Å²) >= 11 is 0. The molecule has 1 heterocycles. The van der Waals surface area contributed by atoms with E-state index in [-0.39, 0.29) is 24.2 Å². The first-order chi connectivity index (χ1) is 7.88. The fraction of sp³-hybridized carbons (Fsp3) is 1.00. The van der Waals surface area contributed by atoms with Crippen LogP contribution in [0.25, 0.3) is 0 Å². The van der Waals surface area contributed by atoms with Crippen LogP contribution in [0.5, 0.6) is 0 Å². The van der Waals surface area contributed by atoms with E-state index in [9.17, 15) is 5.11 Å². The predicted octanol–water partition coefficient (Wildman–Crippen LogP) is 0.0554. The van der Waals surface area contributed by atoms with Crippen molar-refractivity contribution in [2.45, 2.75) is 58.3 Å². The van der Waals surface area contributed by atoms with E-state index < -0.39 is 12.4 Å². The van der Waals surface area contributed by atoms with Crippen LogP contribution in [0.3, 0.4) is 0 Å². The molecule has 1 aliphatic heterocycles.